The van der Waals surface area contributed by atoms with E-state index in [1.807, 2.05) is 21.1 Å². The van der Waals surface area contributed by atoms with Crippen molar-refractivity contribution in [1.29, 1.82) is 0 Å². The fourth-order valence-electron chi connectivity index (χ4n) is 5.58. The summed E-state index contributed by atoms with van der Waals surface area (Å²) in [6.07, 6.45) is 45.3. The minimum Gasteiger partial charge on any atom is -0.756 e. The van der Waals surface area contributed by atoms with E-state index in [1.165, 1.54) is 44.9 Å². The van der Waals surface area contributed by atoms with E-state index >= 15 is 0 Å². The van der Waals surface area contributed by atoms with Crippen molar-refractivity contribution >= 4 is 19.8 Å². The summed E-state index contributed by atoms with van der Waals surface area (Å²) in [5.41, 5.74) is 0. The minimum absolute atomic E-state index is 0.0397. The van der Waals surface area contributed by atoms with Crippen LogP contribution in [-0.2, 0) is 32.7 Å². The highest BCUT2D eigenvalue weighted by Gasteiger charge is 2.21. The molecule has 2 atom stereocenters. The highest BCUT2D eigenvalue weighted by molar-refractivity contribution is 7.45. The van der Waals surface area contributed by atoms with Gasteiger partial charge in [-0.25, -0.2) is 0 Å². The standard InChI is InChI=1S/C46H82NO8P/c1-6-8-10-12-14-16-18-20-22-23-25-27-29-31-33-35-37-39-46(49)55-44(43-54-56(50,51)53-41-40-47(3,4)5)42-52-45(48)38-36-34-32-30-28-26-24-21-19-17-15-13-11-9-7-2/h8,10,14,16,20-22,24-25,27,44H,6-7,9,11-13,15,17-19,23,26,28-43H2,1-5H3/b10-8-,16-14-,22-20-,24-21-,27-25-/t44-/m1/s1. The summed E-state index contributed by atoms with van der Waals surface area (Å²) < 4.78 is 33.9. The molecule has 0 heterocycles. The van der Waals surface area contributed by atoms with Gasteiger partial charge < -0.3 is 27.9 Å². The van der Waals surface area contributed by atoms with Crippen LogP contribution in [-0.4, -0.2) is 70.0 Å². The van der Waals surface area contributed by atoms with Gasteiger partial charge in [-0.1, -0.05) is 139 Å². The van der Waals surface area contributed by atoms with Gasteiger partial charge in [-0.15, -0.1) is 0 Å². The van der Waals surface area contributed by atoms with Crippen molar-refractivity contribution in [3.05, 3.63) is 60.8 Å². The molecule has 0 aromatic heterocycles. The third-order valence-electron chi connectivity index (χ3n) is 9.02. The Bertz CT molecular complexity index is 1140. The Hall–Kier alpha value is -2.29. The van der Waals surface area contributed by atoms with Crippen molar-refractivity contribution in [3.63, 3.8) is 0 Å². The molecule has 0 spiro atoms. The number of ether oxygens (including phenoxy) is 2. The van der Waals surface area contributed by atoms with Crippen LogP contribution in [0.5, 0.6) is 0 Å². The lowest BCUT2D eigenvalue weighted by Gasteiger charge is -2.28. The summed E-state index contributed by atoms with van der Waals surface area (Å²) in [5, 5.41) is 0. The smallest absolute Gasteiger partial charge is 0.306 e. The zero-order chi connectivity index (χ0) is 41.4. The number of allylic oxidation sites excluding steroid dienone is 10. The highest BCUT2D eigenvalue weighted by atomic mass is 31.2. The maximum Gasteiger partial charge on any atom is 0.306 e. The molecule has 0 aliphatic heterocycles. The molecule has 0 saturated carbocycles. The molecule has 0 aliphatic carbocycles. The third-order valence-corrected chi connectivity index (χ3v) is 9.99. The van der Waals surface area contributed by atoms with E-state index in [0.29, 0.717) is 23.9 Å². The van der Waals surface area contributed by atoms with E-state index in [1.54, 1.807) is 0 Å². The fraction of sp³-hybridized carbons (Fsp3) is 0.739. The number of nitrogens with zero attached hydrogens (tertiary/aromatic N) is 1. The van der Waals surface area contributed by atoms with Gasteiger partial charge >= 0.3 is 11.9 Å². The summed E-state index contributed by atoms with van der Waals surface area (Å²) in [7, 11) is 1.13. The molecule has 0 bridgehead atoms. The van der Waals surface area contributed by atoms with Gasteiger partial charge in [0.15, 0.2) is 6.10 Å². The van der Waals surface area contributed by atoms with E-state index in [4.69, 9.17) is 18.5 Å². The van der Waals surface area contributed by atoms with Crippen molar-refractivity contribution in [1.82, 2.24) is 0 Å². The molecule has 0 fully saturated rings. The van der Waals surface area contributed by atoms with Crippen LogP contribution in [0, 0.1) is 0 Å². The van der Waals surface area contributed by atoms with Crippen molar-refractivity contribution in [2.75, 3.05) is 47.5 Å². The normalized spacial score (nSPS) is 14.2. The van der Waals surface area contributed by atoms with E-state index in [2.05, 4.69) is 74.6 Å². The van der Waals surface area contributed by atoms with Gasteiger partial charge in [0.2, 0.25) is 0 Å². The predicted molar refractivity (Wildman–Crippen MR) is 231 cm³/mol. The number of esters is 2. The largest absolute Gasteiger partial charge is 0.756 e. The Morgan fingerprint density at radius 3 is 1.54 bits per heavy atom. The molecule has 10 heteroatoms. The highest BCUT2D eigenvalue weighted by Crippen LogP contribution is 2.38. The first-order valence-corrected chi connectivity index (χ1v) is 23.5. The second kappa shape index (κ2) is 38.2. The molecular formula is C46H82NO8P. The molecule has 9 nitrogen and oxygen atoms in total. The second-order valence-electron chi connectivity index (χ2n) is 15.7. The van der Waals surface area contributed by atoms with Crippen LogP contribution in [0.2, 0.25) is 0 Å². The van der Waals surface area contributed by atoms with Crippen molar-refractivity contribution in [2.45, 2.75) is 174 Å². The van der Waals surface area contributed by atoms with Gasteiger partial charge in [0.25, 0.3) is 7.82 Å². The SMILES string of the molecule is CC/C=C\C/C=C\C/C=C\C/C=C\CCCCCCC(=O)O[C@H](COC(=O)CCCCCCC/C=C\CCCCCCCC)COP(=O)([O-])OCC[N+](C)(C)C. The number of hydrogen-bond acceptors (Lipinski definition) is 8. The summed E-state index contributed by atoms with van der Waals surface area (Å²) in [5.74, 6) is -0.876. The lowest BCUT2D eigenvalue weighted by atomic mass is 10.1. The number of likely N-dealkylation sites (N-methyl/N-ethyl adjacent to an activating group) is 1. The molecule has 0 aromatic rings. The topological polar surface area (TPSA) is 111 Å². The molecule has 0 rings (SSSR count). The fourth-order valence-corrected chi connectivity index (χ4v) is 6.31. The predicted octanol–water partition coefficient (Wildman–Crippen LogP) is 11.8. The van der Waals surface area contributed by atoms with Crippen LogP contribution >= 0.6 is 7.82 Å². The Kier molecular flexibility index (Phi) is 36.7. The van der Waals surface area contributed by atoms with Gasteiger partial charge in [0.1, 0.15) is 19.8 Å². The van der Waals surface area contributed by atoms with Gasteiger partial charge in [-0.2, -0.15) is 0 Å². The second-order valence-corrected chi connectivity index (χ2v) is 17.1. The molecule has 324 valence electrons. The van der Waals surface area contributed by atoms with E-state index in [0.717, 1.165) is 83.5 Å². The van der Waals surface area contributed by atoms with Crippen LogP contribution in [0.15, 0.2) is 60.8 Å². The Morgan fingerprint density at radius 1 is 0.571 bits per heavy atom. The molecule has 0 amide bonds. The molecule has 0 aromatic carbocycles. The number of carbonyl (C=O) groups excluding carboxylic acids is 2. The van der Waals surface area contributed by atoms with Gasteiger partial charge in [0.05, 0.1) is 27.7 Å². The zero-order valence-corrected chi connectivity index (χ0v) is 37.2. The maximum atomic E-state index is 12.7. The van der Waals surface area contributed by atoms with Gasteiger partial charge in [0, 0.05) is 12.8 Å². The summed E-state index contributed by atoms with van der Waals surface area (Å²) in [6.45, 7) is 4.06. The van der Waals surface area contributed by atoms with Crippen LogP contribution in [0.25, 0.3) is 0 Å². The Balaban J connectivity index is 4.43. The van der Waals surface area contributed by atoms with Crippen LogP contribution in [0.1, 0.15) is 168 Å². The van der Waals surface area contributed by atoms with Crippen molar-refractivity contribution in [2.24, 2.45) is 0 Å². The lowest BCUT2D eigenvalue weighted by molar-refractivity contribution is -0.870. The van der Waals surface area contributed by atoms with Crippen LogP contribution in [0.4, 0.5) is 0 Å². The molecule has 0 N–H and O–H groups in total. The monoisotopic (exact) mass is 808 g/mol. The molecule has 56 heavy (non-hydrogen) atoms. The number of phosphoric ester groups is 1. The number of hydrogen-bond donors (Lipinski definition) is 0. The van der Waals surface area contributed by atoms with E-state index < -0.39 is 32.5 Å². The van der Waals surface area contributed by atoms with Gasteiger partial charge in [-0.05, 0) is 77.0 Å². The maximum absolute atomic E-state index is 12.7. The number of unbranched alkanes of at least 4 members (excludes halogenated alkanes) is 15. The average molecular weight is 808 g/mol. The Labute approximate surface area is 343 Å². The first-order valence-electron chi connectivity index (χ1n) is 22.0. The van der Waals surface area contributed by atoms with Crippen LogP contribution in [0.3, 0.4) is 0 Å². The number of rotatable bonds is 39. The summed E-state index contributed by atoms with van der Waals surface area (Å²) in [4.78, 5) is 37.5. The summed E-state index contributed by atoms with van der Waals surface area (Å²) >= 11 is 0. The molecule has 0 aliphatic rings. The minimum atomic E-state index is -4.64. The number of quaternary nitrogens is 1. The number of carbonyl (C=O) groups is 2. The van der Waals surface area contributed by atoms with E-state index in [9.17, 15) is 19.0 Å². The summed E-state index contributed by atoms with van der Waals surface area (Å²) in [6, 6.07) is 0. The lowest BCUT2D eigenvalue weighted by Crippen LogP contribution is -2.37. The first-order chi connectivity index (χ1) is 27.0. The molecule has 1 unspecified atom stereocenters. The van der Waals surface area contributed by atoms with Crippen molar-refractivity contribution in [3.8, 4) is 0 Å². The molecular weight excluding hydrogens is 725 g/mol. The number of phosphoric acid groups is 1. The first kappa shape index (κ1) is 53.7. The molecule has 0 radical (unpaired) electrons. The average Bonchev–Trinajstić information content (AvgIpc) is 3.15. The Morgan fingerprint density at radius 2 is 1.02 bits per heavy atom. The zero-order valence-electron chi connectivity index (χ0n) is 36.3. The van der Waals surface area contributed by atoms with Gasteiger partial charge in [-0.3, -0.25) is 14.2 Å². The quantitative estimate of drug-likeness (QED) is 0.0198. The van der Waals surface area contributed by atoms with Crippen LogP contribution < -0.4 is 4.89 Å². The van der Waals surface area contributed by atoms with Crippen molar-refractivity contribution < 1.29 is 42.1 Å². The third kappa shape index (κ3) is 41.3. The molecule has 0 saturated heterocycles. The van der Waals surface area contributed by atoms with E-state index in [-0.39, 0.29) is 26.1 Å².